The highest BCUT2D eigenvalue weighted by Gasteiger charge is 2.21. The summed E-state index contributed by atoms with van der Waals surface area (Å²) < 4.78 is 5.72. The molecule has 1 aromatic heterocycles. The minimum atomic E-state index is -0.161. The Morgan fingerprint density at radius 2 is 1.95 bits per heavy atom. The average Bonchev–Trinajstić information content (AvgIpc) is 2.98. The molecule has 1 aromatic carbocycles. The number of rotatable bonds is 2. The first-order valence-corrected chi connectivity index (χ1v) is 7.33. The van der Waals surface area contributed by atoms with E-state index < -0.39 is 0 Å². The van der Waals surface area contributed by atoms with Crippen LogP contribution in [0.25, 0.3) is 17.4 Å². The van der Waals surface area contributed by atoms with Gasteiger partial charge >= 0.3 is 0 Å². The first-order valence-electron chi connectivity index (χ1n) is 5.72. The summed E-state index contributed by atoms with van der Waals surface area (Å²) in [5.74, 6) is 1.39. The van der Waals surface area contributed by atoms with E-state index in [4.69, 9.17) is 28.2 Å². The second kappa shape index (κ2) is 5.44. The zero-order chi connectivity index (χ0) is 14.1. The molecule has 1 amide bonds. The normalized spacial score (nSPS) is 16.8. The third kappa shape index (κ3) is 2.80. The van der Waals surface area contributed by atoms with E-state index in [0.717, 1.165) is 23.1 Å². The molecular weight excluding hydrogens is 314 g/mol. The van der Waals surface area contributed by atoms with Crippen LogP contribution in [0.5, 0.6) is 0 Å². The van der Waals surface area contributed by atoms with Crippen molar-refractivity contribution in [2.45, 2.75) is 0 Å². The molecule has 1 aliphatic heterocycles. The van der Waals surface area contributed by atoms with Crippen LogP contribution in [-0.4, -0.2) is 10.2 Å². The van der Waals surface area contributed by atoms with Crippen molar-refractivity contribution in [3.05, 3.63) is 52.1 Å². The summed E-state index contributed by atoms with van der Waals surface area (Å²) in [4.78, 5) is 12.3. The number of carbonyl (C=O) groups excluding carboxylic acids is 1. The monoisotopic (exact) mass is 321 g/mol. The van der Waals surface area contributed by atoms with E-state index in [1.54, 1.807) is 6.08 Å². The lowest BCUT2D eigenvalue weighted by Gasteiger charge is -1.97. The highest BCUT2D eigenvalue weighted by Crippen LogP contribution is 2.29. The zero-order valence-corrected chi connectivity index (χ0v) is 12.4. The van der Waals surface area contributed by atoms with Gasteiger partial charge in [-0.1, -0.05) is 23.8 Å². The highest BCUT2D eigenvalue weighted by molar-refractivity contribution is 8.19. The van der Waals surface area contributed by atoms with Crippen molar-refractivity contribution in [2.75, 3.05) is 0 Å². The van der Waals surface area contributed by atoms with E-state index in [9.17, 15) is 4.79 Å². The van der Waals surface area contributed by atoms with E-state index >= 15 is 0 Å². The van der Waals surface area contributed by atoms with Gasteiger partial charge in [-0.05, 0) is 54.2 Å². The van der Waals surface area contributed by atoms with E-state index in [1.165, 1.54) is 0 Å². The minimum Gasteiger partial charge on any atom is -0.457 e. The number of benzene rings is 1. The summed E-state index contributed by atoms with van der Waals surface area (Å²) in [7, 11) is 0. The molecule has 1 fully saturated rings. The van der Waals surface area contributed by atoms with E-state index in [0.29, 0.717) is 20.7 Å². The Labute approximate surface area is 130 Å². The fourth-order valence-corrected chi connectivity index (χ4v) is 2.89. The number of thiocarbonyl (C=S) groups is 1. The Hall–Kier alpha value is -1.56. The summed E-state index contributed by atoms with van der Waals surface area (Å²) >= 11 is 12.0. The summed E-state index contributed by atoms with van der Waals surface area (Å²) in [5, 5.41) is 3.08. The summed E-state index contributed by atoms with van der Waals surface area (Å²) in [6.07, 6.45) is 1.75. The summed E-state index contributed by atoms with van der Waals surface area (Å²) in [6.45, 7) is 0. The minimum absolute atomic E-state index is 0.161. The number of halogens is 1. The largest absolute Gasteiger partial charge is 0.457 e. The van der Waals surface area contributed by atoms with Gasteiger partial charge in [-0.15, -0.1) is 0 Å². The SMILES string of the molecule is O=C1NC(=S)C(=Cc2ccc(-c3ccc(Cl)cc3)o2)S1. The quantitative estimate of drug-likeness (QED) is 0.641. The van der Waals surface area contributed by atoms with E-state index in [1.807, 2.05) is 36.4 Å². The first-order chi connectivity index (χ1) is 9.61. The number of amides is 1. The molecule has 3 nitrogen and oxygen atoms in total. The Bertz CT molecular complexity index is 719. The maximum absolute atomic E-state index is 11.2. The predicted octanol–water partition coefficient (Wildman–Crippen LogP) is 4.72. The Balaban J connectivity index is 1.87. The maximum atomic E-state index is 11.2. The molecule has 100 valence electrons. The lowest BCUT2D eigenvalue weighted by molar-refractivity contribution is 0.265. The summed E-state index contributed by atoms with van der Waals surface area (Å²) in [5.41, 5.74) is 0.940. The number of thioether (sulfide) groups is 1. The highest BCUT2D eigenvalue weighted by atomic mass is 35.5. The van der Waals surface area contributed by atoms with Gasteiger partial charge in [-0.3, -0.25) is 4.79 Å². The predicted molar refractivity (Wildman–Crippen MR) is 85.9 cm³/mol. The van der Waals surface area contributed by atoms with Gasteiger partial charge in [-0.25, -0.2) is 0 Å². The number of nitrogens with one attached hydrogen (secondary N) is 1. The van der Waals surface area contributed by atoms with Crippen LogP contribution in [0.1, 0.15) is 5.76 Å². The fraction of sp³-hybridized carbons (Fsp3) is 0. The van der Waals surface area contributed by atoms with Gasteiger partial charge in [0.1, 0.15) is 16.5 Å². The van der Waals surface area contributed by atoms with Crippen molar-refractivity contribution in [2.24, 2.45) is 0 Å². The molecule has 0 aliphatic carbocycles. The van der Waals surface area contributed by atoms with Gasteiger partial charge in [0.05, 0.1) is 4.91 Å². The van der Waals surface area contributed by atoms with Crippen LogP contribution in [0.4, 0.5) is 4.79 Å². The van der Waals surface area contributed by atoms with Crippen LogP contribution in [0, 0.1) is 0 Å². The molecule has 2 aromatic rings. The second-order valence-electron chi connectivity index (χ2n) is 4.06. The van der Waals surface area contributed by atoms with Crippen molar-refractivity contribution in [3.8, 4) is 11.3 Å². The molecule has 2 heterocycles. The average molecular weight is 322 g/mol. The number of furan rings is 1. The molecule has 1 aliphatic rings. The molecule has 0 unspecified atom stereocenters. The lowest BCUT2D eigenvalue weighted by atomic mass is 10.2. The lowest BCUT2D eigenvalue weighted by Crippen LogP contribution is -2.15. The van der Waals surface area contributed by atoms with Gasteiger partial charge in [0, 0.05) is 10.6 Å². The molecule has 1 N–H and O–H groups in total. The second-order valence-corrected chi connectivity index (χ2v) is 5.92. The van der Waals surface area contributed by atoms with Gasteiger partial charge in [0.15, 0.2) is 0 Å². The van der Waals surface area contributed by atoms with Gasteiger partial charge in [0.2, 0.25) is 0 Å². The molecule has 0 spiro atoms. The topological polar surface area (TPSA) is 42.2 Å². The van der Waals surface area contributed by atoms with Crippen LogP contribution in [0.2, 0.25) is 5.02 Å². The summed E-state index contributed by atoms with van der Waals surface area (Å²) in [6, 6.07) is 11.1. The standard InChI is InChI=1S/C14H8ClNO2S2/c15-9-3-1-8(2-4-9)11-6-5-10(18-11)7-12-13(19)16-14(17)20-12/h1-7H,(H,16,17,19). The van der Waals surface area contributed by atoms with Crippen molar-refractivity contribution in [1.29, 1.82) is 0 Å². The van der Waals surface area contributed by atoms with Gasteiger partial charge < -0.3 is 9.73 Å². The van der Waals surface area contributed by atoms with E-state index in [-0.39, 0.29) is 5.24 Å². The molecule has 0 atom stereocenters. The molecule has 6 heteroatoms. The van der Waals surface area contributed by atoms with Crippen LogP contribution in [0.15, 0.2) is 45.7 Å². The fourth-order valence-electron chi connectivity index (χ4n) is 1.75. The number of hydrogen-bond acceptors (Lipinski definition) is 4. The van der Waals surface area contributed by atoms with Crippen LogP contribution < -0.4 is 5.32 Å². The molecule has 0 saturated carbocycles. The first kappa shape index (κ1) is 13.4. The van der Waals surface area contributed by atoms with Crippen LogP contribution >= 0.6 is 35.6 Å². The van der Waals surface area contributed by atoms with E-state index in [2.05, 4.69) is 5.32 Å². The molecule has 3 rings (SSSR count). The van der Waals surface area contributed by atoms with Crippen molar-refractivity contribution >= 4 is 51.9 Å². The smallest absolute Gasteiger partial charge is 0.289 e. The third-order valence-electron chi connectivity index (χ3n) is 2.67. The molecule has 0 radical (unpaired) electrons. The van der Waals surface area contributed by atoms with Crippen molar-refractivity contribution < 1.29 is 9.21 Å². The Morgan fingerprint density at radius 3 is 2.60 bits per heavy atom. The van der Waals surface area contributed by atoms with Gasteiger partial charge in [0.25, 0.3) is 5.24 Å². The Kier molecular flexibility index (Phi) is 3.65. The van der Waals surface area contributed by atoms with Crippen LogP contribution in [0.3, 0.4) is 0 Å². The molecule has 20 heavy (non-hydrogen) atoms. The Morgan fingerprint density at radius 1 is 1.20 bits per heavy atom. The van der Waals surface area contributed by atoms with Crippen LogP contribution in [-0.2, 0) is 0 Å². The zero-order valence-electron chi connectivity index (χ0n) is 10.1. The van der Waals surface area contributed by atoms with Crippen molar-refractivity contribution in [3.63, 3.8) is 0 Å². The van der Waals surface area contributed by atoms with Crippen molar-refractivity contribution in [1.82, 2.24) is 5.32 Å². The number of carbonyl (C=O) groups is 1. The molecule has 1 saturated heterocycles. The number of hydrogen-bond donors (Lipinski definition) is 1. The third-order valence-corrected chi connectivity index (χ3v) is 4.20. The maximum Gasteiger partial charge on any atom is 0.289 e. The molecule has 0 bridgehead atoms. The molecular formula is C14H8ClNO2S2. The van der Waals surface area contributed by atoms with Gasteiger partial charge in [-0.2, -0.15) is 0 Å².